The molecule has 0 bridgehead atoms. The zero-order chi connectivity index (χ0) is 13.1. The summed E-state index contributed by atoms with van der Waals surface area (Å²) < 4.78 is 18.2. The van der Waals surface area contributed by atoms with Gasteiger partial charge in [0.1, 0.15) is 5.82 Å². The summed E-state index contributed by atoms with van der Waals surface area (Å²) in [6, 6.07) is 4.83. The van der Waals surface area contributed by atoms with Gasteiger partial charge in [-0.3, -0.25) is 0 Å². The quantitative estimate of drug-likeness (QED) is 0.935. The van der Waals surface area contributed by atoms with Crippen molar-refractivity contribution in [1.29, 1.82) is 0 Å². The first-order valence-corrected chi connectivity index (χ1v) is 7.11. The first-order valence-electron chi connectivity index (χ1n) is 5.55. The Bertz CT molecular complexity index is 547. The Morgan fingerprint density at radius 2 is 2.28 bits per heavy atom. The fraction of sp³-hybridized carbons (Fsp3) is 0.333. The molecular formula is C12H12BrFN2OS. The lowest BCUT2D eigenvalue weighted by Gasteiger charge is -2.10. The molecule has 6 heteroatoms. The molecule has 1 atom stereocenters. The number of aliphatic hydroxyl groups excluding tert-OH is 1. The van der Waals surface area contributed by atoms with E-state index in [9.17, 15) is 9.50 Å². The van der Waals surface area contributed by atoms with Gasteiger partial charge in [-0.05, 0) is 35.6 Å². The number of aliphatic hydroxyl groups is 1. The molecule has 3 nitrogen and oxygen atoms in total. The molecule has 0 aliphatic rings. The highest BCUT2D eigenvalue weighted by atomic mass is 79.9. The van der Waals surface area contributed by atoms with Crippen molar-refractivity contribution in [2.24, 2.45) is 0 Å². The van der Waals surface area contributed by atoms with Crippen molar-refractivity contribution in [1.82, 2.24) is 9.59 Å². The van der Waals surface area contributed by atoms with Gasteiger partial charge in [-0.25, -0.2) is 4.39 Å². The predicted octanol–water partition coefficient (Wildman–Crippen LogP) is 3.28. The normalized spacial score (nSPS) is 12.7. The number of aryl methyl sites for hydroxylation is 1. The molecule has 0 saturated heterocycles. The Labute approximate surface area is 117 Å². The Morgan fingerprint density at radius 1 is 1.50 bits per heavy atom. The van der Waals surface area contributed by atoms with Crippen molar-refractivity contribution < 1.29 is 9.50 Å². The molecule has 1 heterocycles. The van der Waals surface area contributed by atoms with Crippen LogP contribution in [-0.2, 0) is 12.8 Å². The number of hydrogen-bond donors (Lipinski definition) is 1. The second kappa shape index (κ2) is 5.86. The van der Waals surface area contributed by atoms with E-state index in [0.29, 0.717) is 16.5 Å². The van der Waals surface area contributed by atoms with Crippen molar-refractivity contribution in [2.45, 2.75) is 25.9 Å². The summed E-state index contributed by atoms with van der Waals surface area (Å²) in [5.74, 6) is -0.320. The van der Waals surface area contributed by atoms with Gasteiger partial charge >= 0.3 is 0 Å². The number of rotatable bonds is 4. The second-order valence-electron chi connectivity index (χ2n) is 3.89. The minimum atomic E-state index is -0.754. The topological polar surface area (TPSA) is 46.0 Å². The van der Waals surface area contributed by atoms with Gasteiger partial charge < -0.3 is 5.11 Å². The predicted molar refractivity (Wildman–Crippen MR) is 72.1 cm³/mol. The average Bonchev–Trinajstić information content (AvgIpc) is 2.81. The van der Waals surface area contributed by atoms with Gasteiger partial charge in [0.15, 0.2) is 0 Å². The molecule has 1 unspecified atom stereocenters. The number of benzene rings is 1. The molecule has 2 aromatic rings. The third-order valence-corrected chi connectivity index (χ3v) is 4.01. The third-order valence-electron chi connectivity index (χ3n) is 2.65. The molecular weight excluding hydrogens is 319 g/mol. The summed E-state index contributed by atoms with van der Waals surface area (Å²) in [5.41, 5.74) is 1.27. The highest BCUT2D eigenvalue weighted by molar-refractivity contribution is 9.10. The van der Waals surface area contributed by atoms with Crippen LogP contribution in [0.2, 0.25) is 0 Å². The van der Waals surface area contributed by atoms with E-state index in [1.165, 1.54) is 17.6 Å². The Balaban J connectivity index is 2.18. The van der Waals surface area contributed by atoms with Crippen LogP contribution >= 0.6 is 27.5 Å². The highest BCUT2D eigenvalue weighted by Crippen LogP contribution is 2.26. The summed E-state index contributed by atoms with van der Waals surface area (Å²) in [7, 11) is 0. The van der Waals surface area contributed by atoms with Crippen molar-refractivity contribution in [3.8, 4) is 0 Å². The van der Waals surface area contributed by atoms with E-state index >= 15 is 0 Å². The molecule has 96 valence electrons. The van der Waals surface area contributed by atoms with Gasteiger partial charge in [-0.1, -0.05) is 33.4 Å². The Kier molecular flexibility index (Phi) is 4.42. The number of hydrogen-bond acceptors (Lipinski definition) is 4. The van der Waals surface area contributed by atoms with E-state index in [1.807, 2.05) is 6.92 Å². The fourth-order valence-electron chi connectivity index (χ4n) is 1.70. The van der Waals surface area contributed by atoms with Crippen LogP contribution in [0.5, 0.6) is 0 Å². The second-order valence-corrected chi connectivity index (χ2v) is 5.59. The third kappa shape index (κ3) is 2.93. The van der Waals surface area contributed by atoms with E-state index in [-0.39, 0.29) is 12.2 Å². The molecule has 0 aliphatic carbocycles. The molecule has 2 rings (SSSR count). The molecule has 0 saturated carbocycles. The molecule has 0 aliphatic heterocycles. The molecule has 1 aromatic carbocycles. The molecule has 18 heavy (non-hydrogen) atoms. The zero-order valence-electron chi connectivity index (χ0n) is 9.73. The van der Waals surface area contributed by atoms with E-state index < -0.39 is 6.10 Å². The fourth-order valence-corrected chi connectivity index (χ4v) is 2.76. The smallest absolute Gasteiger partial charge is 0.127 e. The maximum Gasteiger partial charge on any atom is 0.127 e. The summed E-state index contributed by atoms with van der Waals surface area (Å²) in [4.78, 5) is 0.722. The number of halogens is 2. The van der Waals surface area contributed by atoms with Gasteiger partial charge in [-0.15, -0.1) is 5.10 Å². The molecule has 0 amide bonds. The SMILES string of the molecule is CCc1nnsc1C(O)Cc1ccc(Br)cc1F. The van der Waals surface area contributed by atoms with E-state index in [2.05, 4.69) is 25.5 Å². The molecule has 1 aromatic heterocycles. The summed E-state index contributed by atoms with van der Waals surface area (Å²) >= 11 is 4.37. The van der Waals surface area contributed by atoms with Crippen molar-refractivity contribution >= 4 is 27.5 Å². The molecule has 0 radical (unpaired) electrons. The van der Waals surface area contributed by atoms with Crippen LogP contribution in [0.1, 0.15) is 29.2 Å². The Hall–Kier alpha value is -0.850. The lowest BCUT2D eigenvalue weighted by Crippen LogP contribution is -2.04. The minimum absolute atomic E-state index is 0.232. The van der Waals surface area contributed by atoms with Crippen LogP contribution in [0.25, 0.3) is 0 Å². The van der Waals surface area contributed by atoms with Crippen molar-refractivity contribution in [2.75, 3.05) is 0 Å². The molecule has 0 spiro atoms. The van der Waals surface area contributed by atoms with Crippen molar-refractivity contribution in [3.05, 3.63) is 44.6 Å². The maximum absolute atomic E-state index is 13.7. The maximum atomic E-state index is 13.7. The minimum Gasteiger partial charge on any atom is -0.387 e. The van der Waals surface area contributed by atoms with E-state index in [4.69, 9.17) is 0 Å². The van der Waals surface area contributed by atoms with Gasteiger partial charge in [0, 0.05) is 10.9 Å². The standard InChI is InChI=1S/C12H12BrFN2OS/c1-2-10-12(18-16-15-10)11(17)5-7-3-4-8(13)6-9(7)14/h3-4,6,11,17H,2,5H2,1H3. The van der Waals surface area contributed by atoms with Crippen molar-refractivity contribution in [3.63, 3.8) is 0 Å². The monoisotopic (exact) mass is 330 g/mol. The van der Waals surface area contributed by atoms with Gasteiger partial charge in [-0.2, -0.15) is 0 Å². The van der Waals surface area contributed by atoms with Crippen LogP contribution in [0.15, 0.2) is 22.7 Å². The van der Waals surface area contributed by atoms with Crippen LogP contribution in [0.3, 0.4) is 0 Å². The summed E-state index contributed by atoms with van der Waals surface area (Å²) in [6.45, 7) is 1.95. The summed E-state index contributed by atoms with van der Waals surface area (Å²) in [5, 5.41) is 14.1. The lowest BCUT2D eigenvalue weighted by atomic mass is 10.0. The van der Waals surface area contributed by atoms with Gasteiger partial charge in [0.2, 0.25) is 0 Å². The number of nitrogens with zero attached hydrogens (tertiary/aromatic N) is 2. The van der Waals surface area contributed by atoms with Crippen LogP contribution in [0.4, 0.5) is 4.39 Å². The zero-order valence-corrected chi connectivity index (χ0v) is 12.1. The lowest BCUT2D eigenvalue weighted by molar-refractivity contribution is 0.179. The average molecular weight is 331 g/mol. The van der Waals surface area contributed by atoms with E-state index in [0.717, 1.165) is 10.6 Å². The summed E-state index contributed by atoms with van der Waals surface area (Å²) in [6.07, 6.45) is 0.192. The number of aromatic nitrogens is 2. The van der Waals surface area contributed by atoms with Crippen LogP contribution < -0.4 is 0 Å². The van der Waals surface area contributed by atoms with E-state index in [1.54, 1.807) is 12.1 Å². The Morgan fingerprint density at radius 3 is 2.94 bits per heavy atom. The largest absolute Gasteiger partial charge is 0.387 e. The van der Waals surface area contributed by atoms with Crippen LogP contribution in [-0.4, -0.2) is 14.7 Å². The first kappa shape index (κ1) is 13.6. The first-order chi connectivity index (χ1) is 8.61. The van der Waals surface area contributed by atoms with Crippen LogP contribution in [0, 0.1) is 5.82 Å². The van der Waals surface area contributed by atoms with Gasteiger partial charge in [0.25, 0.3) is 0 Å². The highest BCUT2D eigenvalue weighted by Gasteiger charge is 2.18. The molecule has 0 fully saturated rings. The molecule has 1 N–H and O–H groups in total. The van der Waals surface area contributed by atoms with Gasteiger partial charge in [0.05, 0.1) is 16.7 Å².